The van der Waals surface area contributed by atoms with Crippen LogP contribution in [0.3, 0.4) is 0 Å². The Morgan fingerprint density at radius 3 is 2.65 bits per heavy atom. The third-order valence-electron chi connectivity index (χ3n) is 2.47. The Hall–Kier alpha value is -1.50. The van der Waals surface area contributed by atoms with E-state index in [1.807, 2.05) is 6.92 Å². The number of carbonyl (C=O) groups excluding carboxylic acids is 2. The number of amides is 2. The number of hydrogen-bond donors (Lipinski definition) is 1. The first-order valence-electron chi connectivity index (χ1n) is 5.60. The summed E-state index contributed by atoms with van der Waals surface area (Å²) < 4.78 is 0. The molecule has 7 heteroatoms. The van der Waals surface area contributed by atoms with Crippen molar-refractivity contribution in [2.75, 3.05) is 11.9 Å². The van der Waals surface area contributed by atoms with E-state index in [1.54, 1.807) is 0 Å². The van der Waals surface area contributed by atoms with Gasteiger partial charge in [0, 0.05) is 19.4 Å². The van der Waals surface area contributed by atoms with Gasteiger partial charge in [-0.2, -0.15) is 0 Å². The van der Waals surface area contributed by atoms with E-state index in [-0.39, 0.29) is 18.4 Å². The van der Waals surface area contributed by atoms with E-state index in [0.717, 1.165) is 11.7 Å². The van der Waals surface area contributed by atoms with Crippen LogP contribution in [0.4, 0.5) is 5.13 Å². The second kappa shape index (κ2) is 5.22. The molecule has 2 rings (SSSR count). The summed E-state index contributed by atoms with van der Waals surface area (Å²) in [5.41, 5.74) is 0. The Kier molecular flexibility index (Phi) is 3.68. The van der Waals surface area contributed by atoms with Gasteiger partial charge >= 0.3 is 0 Å². The zero-order valence-electron chi connectivity index (χ0n) is 9.60. The molecule has 0 spiro atoms. The molecule has 0 radical (unpaired) electrons. The molecule has 0 bridgehead atoms. The molecule has 2 amide bonds. The number of nitrogens with zero attached hydrogens (tertiary/aromatic N) is 3. The van der Waals surface area contributed by atoms with E-state index >= 15 is 0 Å². The summed E-state index contributed by atoms with van der Waals surface area (Å²) in [6, 6.07) is 0. The summed E-state index contributed by atoms with van der Waals surface area (Å²) in [6.07, 6.45) is 1.56. The van der Waals surface area contributed by atoms with Crippen molar-refractivity contribution in [1.29, 1.82) is 0 Å². The first-order chi connectivity index (χ1) is 8.20. The fourth-order valence-corrected chi connectivity index (χ4v) is 2.45. The van der Waals surface area contributed by atoms with Crippen LogP contribution in [-0.4, -0.2) is 33.5 Å². The van der Waals surface area contributed by atoms with Crippen LogP contribution in [-0.2, 0) is 16.1 Å². The summed E-state index contributed by atoms with van der Waals surface area (Å²) in [5, 5.41) is 12.3. The molecule has 1 aromatic rings. The van der Waals surface area contributed by atoms with Crippen molar-refractivity contribution in [1.82, 2.24) is 15.1 Å². The minimum absolute atomic E-state index is 0.110. The average molecular weight is 254 g/mol. The number of nitrogens with one attached hydrogen (secondary N) is 1. The van der Waals surface area contributed by atoms with Gasteiger partial charge in [-0.3, -0.25) is 14.5 Å². The molecule has 1 N–H and O–H groups in total. The summed E-state index contributed by atoms with van der Waals surface area (Å²) in [6.45, 7) is 3.00. The van der Waals surface area contributed by atoms with Crippen LogP contribution >= 0.6 is 11.3 Å². The van der Waals surface area contributed by atoms with Crippen LogP contribution in [0.25, 0.3) is 0 Å². The van der Waals surface area contributed by atoms with Gasteiger partial charge in [0.05, 0.1) is 6.54 Å². The molecule has 0 saturated carbocycles. The van der Waals surface area contributed by atoms with E-state index in [9.17, 15) is 9.59 Å². The minimum atomic E-state index is -0.110. The monoisotopic (exact) mass is 254 g/mol. The maximum Gasteiger partial charge on any atom is 0.229 e. The van der Waals surface area contributed by atoms with Crippen molar-refractivity contribution in [3.05, 3.63) is 5.01 Å². The molecule has 0 unspecified atom stereocenters. The summed E-state index contributed by atoms with van der Waals surface area (Å²) in [5.74, 6) is -0.220. The van der Waals surface area contributed by atoms with Crippen LogP contribution in [0.15, 0.2) is 0 Å². The summed E-state index contributed by atoms with van der Waals surface area (Å²) in [7, 11) is 0. The first-order valence-corrected chi connectivity index (χ1v) is 6.41. The fraction of sp³-hybridized carbons (Fsp3) is 0.600. The lowest BCUT2D eigenvalue weighted by Crippen LogP contribution is -2.39. The Morgan fingerprint density at radius 2 is 2.00 bits per heavy atom. The van der Waals surface area contributed by atoms with Crippen LogP contribution in [0.5, 0.6) is 0 Å². The number of likely N-dealkylation sites (tertiary alicyclic amines) is 1. The maximum absolute atomic E-state index is 11.6. The Labute approximate surface area is 103 Å². The van der Waals surface area contributed by atoms with Gasteiger partial charge in [0.1, 0.15) is 5.01 Å². The lowest BCUT2D eigenvalue weighted by molar-refractivity contribution is -0.148. The average Bonchev–Trinajstić information content (AvgIpc) is 2.72. The van der Waals surface area contributed by atoms with Crippen LogP contribution in [0.2, 0.25) is 0 Å². The quantitative estimate of drug-likeness (QED) is 0.812. The topological polar surface area (TPSA) is 75.2 Å². The molecule has 1 aliphatic rings. The highest BCUT2D eigenvalue weighted by atomic mass is 32.1. The highest BCUT2D eigenvalue weighted by Gasteiger charge is 2.26. The van der Waals surface area contributed by atoms with Crippen molar-refractivity contribution in [2.45, 2.75) is 32.7 Å². The molecule has 92 valence electrons. The van der Waals surface area contributed by atoms with E-state index < -0.39 is 0 Å². The highest BCUT2D eigenvalue weighted by molar-refractivity contribution is 7.15. The SMILES string of the molecule is CCNc1nnc(CN2C(=O)CCCC2=O)s1. The second-order valence-corrected chi connectivity index (χ2v) is 4.82. The normalized spacial score (nSPS) is 16.4. The highest BCUT2D eigenvalue weighted by Crippen LogP contribution is 2.20. The largest absolute Gasteiger partial charge is 0.360 e. The molecule has 1 aromatic heterocycles. The van der Waals surface area contributed by atoms with Gasteiger partial charge in [-0.15, -0.1) is 10.2 Å². The molecule has 1 aliphatic heterocycles. The van der Waals surface area contributed by atoms with Crippen molar-refractivity contribution in [3.8, 4) is 0 Å². The minimum Gasteiger partial charge on any atom is -0.360 e. The third-order valence-corrected chi connectivity index (χ3v) is 3.34. The van der Waals surface area contributed by atoms with Gasteiger partial charge < -0.3 is 5.32 Å². The van der Waals surface area contributed by atoms with E-state index in [0.29, 0.717) is 24.3 Å². The van der Waals surface area contributed by atoms with Gasteiger partial charge in [0.25, 0.3) is 0 Å². The molecule has 0 aliphatic carbocycles. The van der Waals surface area contributed by atoms with E-state index in [2.05, 4.69) is 15.5 Å². The fourth-order valence-electron chi connectivity index (χ4n) is 1.65. The van der Waals surface area contributed by atoms with Crippen LogP contribution in [0.1, 0.15) is 31.2 Å². The molecule has 0 aromatic carbocycles. The van der Waals surface area contributed by atoms with Crippen molar-refractivity contribution in [3.63, 3.8) is 0 Å². The Morgan fingerprint density at radius 1 is 1.29 bits per heavy atom. The molecule has 17 heavy (non-hydrogen) atoms. The number of imide groups is 1. The number of hydrogen-bond acceptors (Lipinski definition) is 6. The van der Waals surface area contributed by atoms with Crippen LogP contribution < -0.4 is 5.32 Å². The lowest BCUT2D eigenvalue weighted by atomic mass is 10.1. The molecule has 1 saturated heterocycles. The second-order valence-electron chi connectivity index (χ2n) is 3.76. The summed E-state index contributed by atoms with van der Waals surface area (Å²) in [4.78, 5) is 24.5. The van der Waals surface area contributed by atoms with Gasteiger partial charge in [0.15, 0.2) is 0 Å². The van der Waals surface area contributed by atoms with Gasteiger partial charge in [0.2, 0.25) is 16.9 Å². The van der Waals surface area contributed by atoms with Crippen molar-refractivity contribution >= 4 is 28.3 Å². The molecule has 6 nitrogen and oxygen atoms in total. The smallest absolute Gasteiger partial charge is 0.229 e. The molecule has 0 atom stereocenters. The number of carbonyl (C=O) groups is 2. The number of anilines is 1. The predicted octanol–water partition coefficient (Wildman–Crippen LogP) is 1.01. The number of rotatable bonds is 4. The van der Waals surface area contributed by atoms with Gasteiger partial charge in [-0.25, -0.2) is 0 Å². The zero-order valence-corrected chi connectivity index (χ0v) is 10.4. The molecule has 1 fully saturated rings. The molecular formula is C10H14N4O2S. The summed E-state index contributed by atoms with van der Waals surface area (Å²) >= 11 is 1.38. The van der Waals surface area contributed by atoms with E-state index in [4.69, 9.17) is 0 Å². The molecule has 2 heterocycles. The zero-order chi connectivity index (χ0) is 12.3. The van der Waals surface area contributed by atoms with E-state index in [1.165, 1.54) is 16.2 Å². The number of aromatic nitrogens is 2. The third kappa shape index (κ3) is 2.79. The van der Waals surface area contributed by atoms with Gasteiger partial charge in [-0.05, 0) is 13.3 Å². The van der Waals surface area contributed by atoms with Gasteiger partial charge in [-0.1, -0.05) is 11.3 Å². The van der Waals surface area contributed by atoms with Crippen molar-refractivity contribution < 1.29 is 9.59 Å². The maximum atomic E-state index is 11.6. The lowest BCUT2D eigenvalue weighted by Gasteiger charge is -2.23. The standard InChI is InChI=1S/C10H14N4O2S/c1-2-11-10-13-12-7(17-10)6-14-8(15)4-3-5-9(14)16/h2-6H2,1H3,(H,11,13). The van der Waals surface area contributed by atoms with Crippen LogP contribution in [0, 0.1) is 0 Å². The van der Waals surface area contributed by atoms with Crippen molar-refractivity contribution in [2.24, 2.45) is 0 Å². The Bertz CT molecular complexity index is 416. The first kappa shape index (κ1) is 12.0. The predicted molar refractivity (Wildman–Crippen MR) is 63.5 cm³/mol. The molecular weight excluding hydrogens is 240 g/mol. The Balaban J connectivity index is 2.03. The number of piperidine rings is 1.